The number of ether oxygens (including phenoxy) is 1. The summed E-state index contributed by atoms with van der Waals surface area (Å²) in [6.45, 7) is 9.06. The van der Waals surface area contributed by atoms with Crippen molar-refractivity contribution in [2.45, 2.75) is 45.8 Å². The van der Waals surface area contributed by atoms with Crippen LogP contribution in [-0.2, 0) is 0 Å². The van der Waals surface area contributed by atoms with Crippen LogP contribution in [0.3, 0.4) is 0 Å². The highest BCUT2D eigenvalue weighted by molar-refractivity contribution is 5.23. The van der Waals surface area contributed by atoms with Crippen molar-refractivity contribution >= 4 is 0 Å². The molecule has 0 amide bonds. The molecule has 0 saturated carbocycles. The number of benzene rings is 1. The summed E-state index contributed by atoms with van der Waals surface area (Å²) < 4.78 is 18.9. The molecule has 0 aliphatic carbocycles. The van der Waals surface area contributed by atoms with Gasteiger partial charge in [-0.25, -0.2) is 4.39 Å². The molecule has 0 radical (unpaired) electrons. The second kappa shape index (κ2) is 6.01. The van der Waals surface area contributed by atoms with Crippen molar-refractivity contribution in [2.24, 2.45) is 0 Å². The van der Waals surface area contributed by atoms with Crippen LogP contribution >= 0.6 is 0 Å². The molecule has 1 aromatic rings. The average molecular weight is 239 g/mol. The fourth-order valence-electron chi connectivity index (χ4n) is 1.34. The Balaban J connectivity index is 2.45. The summed E-state index contributed by atoms with van der Waals surface area (Å²) in [6, 6.07) is 6.49. The van der Waals surface area contributed by atoms with E-state index < -0.39 is 0 Å². The number of hydrogen-bond acceptors (Lipinski definition) is 2. The highest BCUT2D eigenvalue weighted by Gasteiger charge is 2.16. The van der Waals surface area contributed by atoms with Crippen LogP contribution in [0.15, 0.2) is 24.3 Å². The zero-order valence-corrected chi connectivity index (χ0v) is 11.1. The lowest BCUT2D eigenvalue weighted by Gasteiger charge is -2.27. The van der Waals surface area contributed by atoms with Gasteiger partial charge in [-0.1, -0.05) is 19.1 Å². The molecule has 0 fully saturated rings. The van der Waals surface area contributed by atoms with E-state index in [9.17, 15) is 4.39 Å². The van der Waals surface area contributed by atoms with Crippen LogP contribution in [0.2, 0.25) is 0 Å². The van der Waals surface area contributed by atoms with Gasteiger partial charge in [0.2, 0.25) is 0 Å². The lowest BCUT2D eigenvalue weighted by atomic mass is 10.0. The Morgan fingerprint density at radius 3 is 2.59 bits per heavy atom. The van der Waals surface area contributed by atoms with Gasteiger partial charge in [-0.2, -0.15) is 0 Å². The van der Waals surface area contributed by atoms with Crippen LogP contribution < -0.4 is 10.1 Å². The summed E-state index contributed by atoms with van der Waals surface area (Å²) in [7, 11) is 0. The minimum absolute atomic E-state index is 0.0577. The molecule has 1 N–H and O–H groups in total. The van der Waals surface area contributed by atoms with Crippen molar-refractivity contribution in [3.05, 3.63) is 30.1 Å². The smallest absolute Gasteiger partial charge is 0.165 e. The highest BCUT2D eigenvalue weighted by Crippen LogP contribution is 2.17. The fourth-order valence-corrected chi connectivity index (χ4v) is 1.34. The number of hydrogen-bond donors (Lipinski definition) is 1. The maximum Gasteiger partial charge on any atom is 0.165 e. The maximum absolute atomic E-state index is 13.3. The SMILES string of the molecule is CCC(C)(C)NCC(C)Oc1ccccc1F. The van der Waals surface area contributed by atoms with Crippen molar-refractivity contribution in [3.8, 4) is 5.75 Å². The third-order valence-corrected chi connectivity index (χ3v) is 2.92. The molecule has 0 bridgehead atoms. The molecule has 0 spiro atoms. The van der Waals surface area contributed by atoms with E-state index in [0.29, 0.717) is 12.3 Å². The van der Waals surface area contributed by atoms with Crippen molar-refractivity contribution in [2.75, 3.05) is 6.54 Å². The van der Waals surface area contributed by atoms with E-state index in [4.69, 9.17) is 4.74 Å². The molecule has 0 aliphatic rings. The molecule has 1 aromatic carbocycles. The first-order chi connectivity index (χ1) is 7.94. The number of halogens is 1. The van der Waals surface area contributed by atoms with Gasteiger partial charge in [0, 0.05) is 12.1 Å². The molecular weight excluding hydrogens is 217 g/mol. The monoisotopic (exact) mass is 239 g/mol. The zero-order valence-electron chi connectivity index (χ0n) is 11.1. The number of para-hydroxylation sites is 1. The van der Waals surface area contributed by atoms with Crippen LogP contribution in [-0.4, -0.2) is 18.2 Å². The minimum Gasteiger partial charge on any atom is -0.486 e. The first-order valence-corrected chi connectivity index (χ1v) is 6.11. The predicted octanol–water partition coefficient (Wildman–Crippen LogP) is 3.37. The Morgan fingerprint density at radius 2 is 2.00 bits per heavy atom. The molecule has 0 heterocycles. The summed E-state index contributed by atoms with van der Waals surface area (Å²) in [5.41, 5.74) is 0.0901. The van der Waals surface area contributed by atoms with E-state index in [0.717, 1.165) is 6.42 Å². The van der Waals surface area contributed by atoms with Crippen LogP contribution in [0.4, 0.5) is 4.39 Å². The van der Waals surface area contributed by atoms with Gasteiger partial charge >= 0.3 is 0 Å². The number of nitrogens with one attached hydrogen (secondary N) is 1. The lowest BCUT2D eigenvalue weighted by molar-refractivity contribution is 0.191. The van der Waals surface area contributed by atoms with E-state index in [1.807, 2.05) is 6.92 Å². The Labute approximate surface area is 103 Å². The average Bonchev–Trinajstić information content (AvgIpc) is 2.30. The van der Waals surface area contributed by atoms with E-state index in [1.54, 1.807) is 18.2 Å². The van der Waals surface area contributed by atoms with E-state index >= 15 is 0 Å². The minimum atomic E-state index is -0.311. The molecule has 0 aromatic heterocycles. The topological polar surface area (TPSA) is 21.3 Å². The van der Waals surface area contributed by atoms with Crippen molar-refractivity contribution in [1.82, 2.24) is 5.32 Å². The van der Waals surface area contributed by atoms with Crippen molar-refractivity contribution in [1.29, 1.82) is 0 Å². The molecule has 96 valence electrons. The zero-order chi connectivity index (χ0) is 12.9. The molecule has 3 heteroatoms. The lowest BCUT2D eigenvalue weighted by Crippen LogP contribution is -2.43. The van der Waals surface area contributed by atoms with Crippen molar-refractivity contribution in [3.63, 3.8) is 0 Å². The first-order valence-electron chi connectivity index (χ1n) is 6.11. The largest absolute Gasteiger partial charge is 0.486 e. The molecule has 2 nitrogen and oxygen atoms in total. The molecular formula is C14H22FNO. The normalized spacial score (nSPS) is 13.5. The van der Waals surface area contributed by atoms with Gasteiger partial charge < -0.3 is 10.1 Å². The molecule has 0 aliphatic heterocycles. The summed E-state index contributed by atoms with van der Waals surface area (Å²) in [6.07, 6.45) is 0.983. The Kier molecular flexibility index (Phi) is 4.94. The highest BCUT2D eigenvalue weighted by atomic mass is 19.1. The van der Waals surface area contributed by atoms with Gasteiger partial charge in [-0.3, -0.25) is 0 Å². The van der Waals surface area contributed by atoms with Crippen LogP contribution in [0.25, 0.3) is 0 Å². The quantitative estimate of drug-likeness (QED) is 0.821. The Morgan fingerprint density at radius 1 is 1.35 bits per heavy atom. The summed E-state index contributed by atoms with van der Waals surface area (Å²) in [5, 5.41) is 3.40. The van der Waals surface area contributed by atoms with Crippen LogP contribution in [0.1, 0.15) is 34.1 Å². The first kappa shape index (κ1) is 14.0. The van der Waals surface area contributed by atoms with E-state index in [2.05, 4.69) is 26.1 Å². The van der Waals surface area contributed by atoms with Gasteiger partial charge in [0.15, 0.2) is 11.6 Å². The second-order valence-corrected chi connectivity index (χ2v) is 4.98. The third kappa shape index (κ3) is 4.73. The molecule has 1 rings (SSSR count). The molecule has 1 atom stereocenters. The number of rotatable bonds is 6. The second-order valence-electron chi connectivity index (χ2n) is 4.98. The molecule has 0 saturated heterocycles. The van der Waals surface area contributed by atoms with Crippen LogP contribution in [0.5, 0.6) is 5.75 Å². The predicted molar refractivity (Wildman–Crippen MR) is 68.9 cm³/mol. The van der Waals surface area contributed by atoms with Crippen molar-refractivity contribution < 1.29 is 9.13 Å². The van der Waals surface area contributed by atoms with Gasteiger partial charge in [-0.05, 0) is 39.3 Å². The molecule has 17 heavy (non-hydrogen) atoms. The summed E-state index contributed by atoms with van der Waals surface area (Å²) >= 11 is 0. The van der Waals surface area contributed by atoms with Gasteiger partial charge in [0.25, 0.3) is 0 Å². The Hall–Kier alpha value is -1.09. The van der Waals surface area contributed by atoms with Gasteiger partial charge in [-0.15, -0.1) is 0 Å². The molecule has 1 unspecified atom stereocenters. The van der Waals surface area contributed by atoms with Crippen LogP contribution in [0, 0.1) is 5.82 Å². The van der Waals surface area contributed by atoms with E-state index in [1.165, 1.54) is 6.07 Å². The maximum atomic E-state index is 13.3. The van der Waals surface area contributed by atoms with Gasteiger partial charge in [0.1, 0.15) is 6.10 Å². The summed E-state index contributed by atoms with van der Waals surface area (Å²) in [4.78, 5) is 0. The standard InChI is InChI=1S/C14H22FNO/c1-5-14(3,4)16-10-11(2)17-13-9-7-6-8-12(13)15/h6-9,11,16H,5,10H2,1-4H3. The summed E-state index contributed by atoms with van der Waals surface area (Å²) in [5.74, 6) is 0.00482. The Bertz CT molecular complexity index is 352. The third-order valence-electron chi connectivity index (χ3n) is 2.92. The van der Waals surface area contributed by atoms with E-state index in [-0.39, 0.29) is 17.5 Å². The van der Waals surface area contributed by atoms with Gasteiger partial charge in [0.05, 0.1) is 0 Å². The fraction of sp³-hybridized carbons (Fsp3) is 0.571.